The smallest absolute Gasteiger partial charge is 0.219 e. The normalized spacial score (nSPS) is 11.9. The topological polar surface area (TPSA) is 102 Å². The molecule has 3 aromatic heterocycles. The Hall–Kier alpha value is -3.65. The van der Waals surface area contributed by atoms with Gasteiger partial charge < -0.3 is 11.1 Å². The largest absolute Gasteiger partial charge is 0.368 e. The Bertz CT molecular complexity index is 1230. The summed E-state index contributed by atoms with van der Waals surface area (Å²) in [6.45, 7) is 3.79. The van der Waals surface area contributed by atoms with E-state index in [9.17, 15) is 4.39 Å². The van der Waals surface area contributed by atoms with Gasteiger partial charge in [0.15, 0.2) is 0 Å². The molecule has 4 rings (SSSR count). The lowest BCUT2D eigenvalue weighted by Gasteiger charge is -2.16. The zero-order chi connectivity index (χ0) is 22.0. The number of nitrogen functional groups attached to an aromatic ring is 1. The number of hydrogen-bond acceptors (Lipinski definition) is 7. The molecule has 9 heteroatoms. The van der Waals surface area contributed by atoms with E-state index < -0.39 is 5.82 Å². The van der Waals surface area contributed by atoms with E-state index in [0.717, 1.165) is 16.7 Å². The molecule has 7 nitrogen and oxygen atoms in total. The third-order valence-corrected chi connectivity index (χ3v) is 4.99. The first-order valence-corrected chi connectivity index (χ1v) is 9.87. The van der Waals surface area contributed by atoms with Crippen LogP contribution in [0, 0.1) is 12.7 Å². The van der Waals surface area contributed by atoms with Crippen LogP contribution in [0.5, 0.6) is 0 Å². The van der Waals surface area contributed by atoms with Gasteiger partial charge in [-0.25, -0.2) is 24.3 Å². The van der Waals surface area contributed by atoms with Crippen LogP contribution in [-0.2, 0) is 0 Å². The van der Waals surface area contributed by atoms with E-state index in [1.807, 2.05) is 13.0 Å². The van der Waals surface area contributed by atoms with Gasteiger partial charge in [-0.2, -0.15) is 0 Å². The third-order valence-electron chi connectivity index (χ3n) is 4.68. The number of pyridine rings is 1. The summed E-state index contributed by atoms with van der Waals surface area (Å²) in [6, 6.07) is 8.27. The molecule has 0 aliphatic carbocycles. The first-order chi connectivity index (χ1) is 14.9. The predicted octanol–water partition coefficient (Wildman–Crippen LogP) is 4.85. The van der Waals surface area contributed by atoms with E-state index in [1.54, 1.807) is 43.8 Å². The second-order valence-corrected chi connectivity index (χ2v) is 7.42. The van der Waals surface area contributed by atoms with E-state index >= 15 is 0 Å². The zero-order valence-corrected chi connectivity index (χ0v) is 17.6. The van der Waals surface area contributed by atoms with Crippen LogP contribution in [0.25, 0.3) is 22.4 Å². The maximum absolute atomic E-state index is 13.9. The molecule has 0 fully saturated rings. The van der Waals surface area contributed by atoms with E-state index in [0.29, 0.717) is 22.9 Å². The molecule has 0 radical (unpaired) electrons. The van der Waals surface area contributed by atoms with Crippen LogP contribution in [0.4, 0.5) is 16.2 Å². The molecule has 31 heavy (non-hydrogen) atoms. The van der Waals surface area contributed by atoms with Gasteiger partial charge in [-0.15, -0.1) is 0 Å². The van der Waals surface area contributed by atoms with Crippen molar-refractivity contribution in [1.82, 2.24) is 24.9 Å². The molecular weight excluding hydrogens is 417 g/mol. The Morgan fingerprint density at radius 2 is 1.74 bits per heavy atom. The summed E-state index contributed by atoms with van der Waals surface area (Å²) in [4.78, 5) is 21.3. The van der Waals surface area contributed by atoms with Gasteiger partial charge in [-0.05, 0) is 37.6 Å². The highest BCUT2D eigenvalue weighted by atomic mass is 35.5. The molecule has 0 saturated heterocycles. The maximum atomic E-state index is 13.9. The highest BCUT2D eigenvalue weighted by molar-refractivity contribution is 6.30. The number of rotatable bonds is 5. The van der Waals surface area contributed by atoms with Crippen LogP contribution >= 0.6 is 11.6 Å². The monoisotopic (exact) mass is 435 g/mol. The van der Waals surface area contributed by atoms with Gasteiger partial charge in [0.05, 0.1) is 16.8 Å². The number of halogens is 2. The minimum Gasteiger partial charge on any atom is -0.368 e. The quantitative estimate of drug-likeness (QED) is 0.461. The van der Waals surface area contributed by atoms with E-state index in [2.05, 4.69) is 30.2 Å². The SMILES string of the molecule is Cc1nc(NC(C)c2cncc(-c3cnc(N)nc3)c2)cc(-c2ccc(Cl)c(F)c2)n1. The second kappa shape index (κ2) is 8.61. The fourth-order valence-corrected chi connectivity index (χ4v) is 3.21. The molecule has 3 N–H and O–H groups in total. The van der Waals surface area contributed by atoms with Gasteiger partial charge in [0.25, 0.3) is 0 Å². The lowest BCUT2D eigenvalue weighted by molar-refractivity contribution is 0.628. The molecule has 4 aromatic rings. The van der Waals surface area contributed by atoms with Crippen molar-refractivity contribution < 1.29 is 4.39 Å². The first-order valence-electron chi connectivity index (χ1n) is 9.49. The fourth-order valence-electron chi connectivity index (χ4n) is 3.09. The summed E-state index contributed by atoms with van der Waals surface area (Å²) < 4.78 is 13.9. The lowest BCUT2D eigenvalue weighted by Crippen LogP contribution is -2.10. The van der Waals surface area contributed by atoms with Gasteiger partial charge in [0.1, 0.15) is 17.5 Å². The molecule has 0 aliphatic heterocycles. The predicted molar refractivity (Wildman–Crippen MR) is 119 cm³/mol. The van der Waals surface area contributed by atoms with Gasteiger partial charge in [0, 0.05) is 47.5 Å². The Kier molecular flexibility index (Phi) is 5.73. The van der Waals surface area contributed by atoms with Crippen molar-refractivity contribution in [1.29, 1.82) is 0 Å². The second-order valence-electron chi connectivity index (χ2n) is 7.02. The molecule has 0 saturated carbocycles. The van der Waals surface area contributed by atoms with E-state index in [-0.39, 0.29) is 17.0 Å². The van der Waals surface area contributed by atoms with Crippen LogP contribution in [0.3, 0.4) is 0 Å². The minimum absolute atomic E-state index is 0.0698. The standard InChI is InChI=1S/C22H19ClFN7/c1-12(15-5-16(9-26-8-15)17-10-27-22(25)28-11-17)29-21-7-20(30-13(2)31-21)14-3-4-18(23)19(24)6-14/h3-12H,1-2H3,(H2,25,27,28)(H,29,30,31). The average molecular weight is 436 g/mol. The molecule has 0 amide bonds. The molecule has 1 aromatic carbocycles. The van der Waals surface area contributed by atoms with E-state index in [4.69, 9.17) is 17.3 Å². The summed E-state index contributed by atoms with van der Waals surface area (Å²) in [7, 11) is 0. The Balaban J connectivity index is 1.59. The highest BCUT2D eigenvalue weighted by Gasteiger charge is 2.12. The molecule has 3 heterocycles. The summed E-state index contributed by atoms with van der Waals surface area (Å²) in [5, 5.41) is 3.43. The van der Waals surface area contributed by atoms with Gasteiger partial charge in [-0.3, -0.25) is 4.98 Å². The number of benzene rings is 1. The van der Waals surface area contributed by atoms with Crippen molar-refractivity contribution >= 4 is 23.4 Å². The summed E-state index contributed by atoms with van der Waals surface area (Å²) >= 11 is 5.79. The van der Waals surface area contributed by atoms with Gasteiger partial charge in [0.2, 0.25) is 5.95 Å². The molecule has 0 bridgehead atoms. The van der Waals surface area contributed by atoms with E-state index in [1.165, 1.54) is 12.1 Å². The molecule has 1 atom stereocenters. The van der Waals surface area contributed by atoms with Gasteiger partial charge >= 0.3 is 0 Å². The van der Waals surface area contributed by atoms with Crippen molar-refractivity contribution in [2.75, 3.05) is 11.1 Å². The van der Waals surface area contributed by atoms with Crippen molar-refractivity contribution in [3.63, 3.8) is 0 Å². The summed E-state index contributed by atoms with van der Waals surface area (Å²) in [5.41, 5.74) is 9.43. The number of hydrogen-bond donors (Lipinski definition) is 2. The first kappa shape index (κ1) is 20.6. The molecule has 0 spiro atoms. The maximum Gasteiger partial charge on any atom is 0.219 e. The van der Waals surface area contributed by atoms with Crippen molar-refractivity contribution in [2.24, 2.45) is 0 Å². The number of aryl methyl sites for hydroxylation is 1. The van der Waals surface area contributed by atoms with Crippen molar-refractivity contribution in [3.8, 4) is 22.4 Å². The molecule has 1 unspecified atom stereocenters. The Morgan fingerprint density at radius 1 is 0.968 bits per heavy atom. The van der Waals surface area contributed by atoms with Crippen LogP contribution in [0.1, 0.15) is 24.4 Å². The molecular formula is C22H19ClFN7. The minimum atomic E-state index is -0.493. The Labute approximate surface area is 183 Å². The summed E-state index contributed by atoms with van der Waals surface area (Å²) in [5.74, 6) is 0.909. The molecule has 0 aliphatic rings. The third kappa shape index (κ3) is 4.75. The van der Waals surface area contributed by atoms with Crippen LogP contribution in [0.15, 0.2) is 55.1 Å². The Morgan fingerprint density at radius 3 is 2.48 bits per heavy atom. The lowest BCUT2D eigenvalue weighted by atomic mass is 10.1. The molecule has 156 valence electrons. The van der Waals surface area contributed by atoms with Crippen molar-refractivity contribution in [2.45, 2.75) is 19.9 Å². The number of aromatic nitrogens is 5. The van der Waals surface area contributed by atoms with Crippen LogP contribution < -0.4 is 11.1 Å². The zero-order valence-electron chi connectivity index (χ0n) is 16.8. The van der Waals surface area contributed by atoms with Gasteiger partial charge in [-0.1, -0.05) is 17.7 Å². The number of nitrogens with two attached hydrogens (primary N) is 1. The number of nitrogens with one attached hydrogen (secondary N) is 1. The fraction of sp³-hybridized carbons (Fsp3) is 0.136. The highest BCUT2D eigenvalue weighted by Crippen LogP contribution is 2.27. The number of nitrogens with zero attached hydrogens (tertiary/aromatic N) is 5. The summed E-state index contributed by atoms with van der Waals surface area (Å²) in [6.07, 6.45) is 6.84. The van der Waals surface area contributed by atoms with Crippen LogP contribution in [-0.4, -0.2) is 24.9 Å². The number of anilines is 2. The van der Waals surface area contributed by atoms with Crippen LogP contribution in [0.2, 0.25) is 5.02 Å². The van der Waals surface area contributed by atoms with Crippen molar-refractivity contribution in [3.05, 3.63) is 77.3 Å². The average Bonchev–Trinajstić information content (AvgIpc) is 2.76.